The van der Waals surface area contributed by atoms with E-state index in [1.165, 1.54) is 12.8 Å². The van der Waals surface area contributed by atoms with E-state index in [9.17, 15) is 4.79 Å². The Morgan fingerprint density at radius 1 is 1.40 bits per heavy atom. The van der Waals surface area contributed by atoms with E-state index in [1.807, 2.05) is 24.3 Å². The maximum atomic E-state index is 11.8. The number of carbonyl (C=O) groups excluding carboxylic acids is 1. The van der Waals surface area contributed by atoms with Gasteiger partial charge in [-0.15, -0.1) is 0 Å². The first-order chi connectivity index (χ1) is 9.78. The van der Waals surface area contributed by atoms with E-state index in [2.05, 4.69) is 10.6 Å². The normalized spacial score (nSPS) is 18.6. The number of amides is 1. The molecule has 1 heterocycles. The average molecular weight is 276 g/mol. The monoisotopic (exact) mass is 276 g/mol. The number of hydrogen-bond donors (Lipinski definition) is 2. The molecule has 1 aliphatic heterocycles. The molecule has 110 valence electrons. The first kappa shape index (κ1) is 14.9. The summed E-state index contributed by atoms with van der Waals surface area (Å²) in [7, 11) is 1.65. The molecule has 4 heteroatoms. The third kappa shape index (κ3) is 4.85. The van der Waals surface area contributed by atoms with Gasteiger partial charge in [0, 0.05) is 13.0 Å². The highest BCUT2D eigenvalue weighted by atomic mass is 16.5. The summed E-state index contributed by atoms with van der Waals surface area (Å²) in [6.07, 6.45) is 4.10. The maximum Gasteiger partial charge on any atom is 0.220 e. The summed E-state index contributed by atoms with van der Waals surface area (Å²) in [5, 5.41) is 6.36. The summed E-state index contributed by atoms with van der Waals surface area (Å²) in [6.45, 7) is 2.78. The second kappa shape index (κ2) is 7.90. The van der Waals surface area contributed by atoms with Gasteiger partial charge in [0.15, 0.2) is 0 Å². The molecule has 1 saturated heterocycles. The van der Waals surface area contributed by atoms with Crippen LogP contribution in [0.4, 0.5) is 0 Å². The molecule has 2 rings (SSSR count). The van der Waals surface area contributed by atoms with Crippen LogP contribution < -0.4 is 15.4 Å². The highest BCUT2D eigenvalue weighted by molar-refractivity contribution is 5.75. The first-order valence-electron chi connectivity index (χ1n) is 7.38. The average Bonchev–Trinajstić information content (AvgIpc) is 2.52. The third-order valence-corrected chi connectivity index (χ3v) is 3.83. The van der Waals surface area contributed by atoms with E-state index in [0.29, 0.717) is 18.9 Å². The number of methoxy groups -OCH3 is 1. The number of benzene rings is 1. The molecule has 1 unspecified atom stereocenters. The minimum atomic E-state index is 0.145. The Morgan fingerprint density at radius 3 is 2.85 bits per heavy atom. The molecule has 1 amide bonds. The maximum absolute atomic E-state index is 11.8. The molecule has 0 radical (unpaired) electrons. The molecule has 1 aromatic carbocycles. The molecule has 1 fully saturated rings. The van der Waals surface area contributed by atoms with Gasteiger partial charge in [-0.2, -0.15) is 0 Å². The lowest BCUT2D eigenvalue weighted by atomic mass is 9.94. The van der Waals surface area contributed by atoms with Crippen LogP contribution in [0.2, 0.25) is 0 Å². The second-order valence-electron chi connectivity index (χ2n) is 5.38. The number of ether oxygens (including phenoxy) is 1. The quantitative estimate of drug-likeness (QED) is 0.836. The number of carbonyl (C=O) groups is 1. The lowest BCUT2D eigenvalue weighted by Crippen LogP contribution is -2.31. The van der Waals surface area contributed by atoms with Gasteiger partial charge in [0.1, 0.15) is 5.75 Å². The van der Waals surface area contributed by atoms with Crippen molar-refractivity contribution in [2.75, 3.05) is 20.2 Å². The van der Waals surface area contributed by atoms with Crippen molar-refractivity contribution >= 4 is 5.91 Å². The molecule has 1 aliphatic rings. The van der Waals surface area contributed by atoms with Crippen LogP contribution in [0.25, 0.3) is 0 Å². The van der Waals surface area contributed by atoms with Crippen LogP contribution in [0.15, 0.2) is 24.3 Å². The van der Waals surface area contributed by atoms with Gasteiger partial charge in [0.2, 0.25) is 5.91 Å². The number of nitrogens with one attached hydrogen (secondary N) is 2. The SMILES string of the molecule is COc1ccc(CNC(=O)CCC2CCCNC2)cc1. The minimum Gasteiger partial charge on any atom is -0.497 e. The Kier molecular flexibility index (Phi) is 5.87. The fourth-order valence-corrected chi connectivity index (χ4v) is 2.54. The lowest BCUT2D eigenvalue weighted by Gasteiger charge is -2.22. The second-order valence-corrected chi connectivity index (χ2v) is 5.38. The van der Waals surface area contributed by atoms with Gasteiger partial charge in [-0.1, -0.05) is 12.1 Å². The number of rotatable bonds is 6. The van der Waals surface area contributed by atoms with Gasteiger partial charge in [0.05, 0.1) is 7.11 Å². The van der Waals surface area contributed by atoms with Gasteiger partial charge in [0.25, 0.3) is 0 Å². The van der Waals surface area contributed by atoms with Crippen molar-refractivity contribution < 1.29 is 9.53 Å². The Hall–Kier alpha value is -1.55. The Morgan fingerprint density at radius 2 is 2.20 bits per heavy atom. The molecule has 0 bridgehead atoms. The predicted molar refractivity (Wildman–Crippen MR) is 79.7 cm³/mol. The Balaban J connectivity index is 1.66. The fraction of sp³-hybridized carbons (Fsp3) is 0.562. The van der Waals surface area contributed by atoms with Gasteiger partial charge in [-0.25, -0.2) is 0 Å². The fourth-order valence-electron chi connectivity index (χ4n) is 2.54. The largest absolute Gasteiger partial charge is 0.497 e. The van der Waals surface area contributed by atoms with Gasteiger partial charge in [-0.3, -0.25) is 4.79 Å². The highest BCUT2D eigenvalue weighted by Crippen LogP contribution is 2.16. The summed E-state index contributed by atoms with van der Waals surface area (Å²) in [5.41, 5.74) is 1.10. The minimum absolute atomic E-state index is 0.145. The van der Waals surface area contributed by atoms with Crippen molar-refractivity contribution in [2.24, 2.45) is 5.92 Å². The standard InChI is InChI=1S/C16H24N2O2/c1-20-15-7-4-14(5-8-15)12-18-16(19)9-6-13-3-2-10-17-11-13/h4-5,7-8,13,17H,2-3,6,9-12H2,1H3,(H,18,19). The van der Waals surface area contributed by atoms with Crippen molar-refractivity contribution in [3.63, 3.8) is 0 Å². The molecule has 0 aromatic heterocycles. The zero-order chi connectivity index (χ0) is 14.2. The molecule has 1 atom stereocenters. The molecular weight excluding hydrogens is 252 g/mol. The Labute approximate surface area is 120 Å². The highest BCUT2D eigenvalue weighted by Gasteiger charge is 2.14. The zero-order valence-electron chi connectivity index (χ0n) is 12.2. The molecule has 0 aliphatic carbocycles. The topological polar surface area (TPSA) is 50.4 Å². The summed E-state index contributed by atoms with van der Waals surface area (Å²) in [6, 6.07) is 7.78. The van der Waals surface area contributed by atoms with Gasteiger partial charge in [-0.05, 0) is 56.0 Å². The summed E-state index contributed by atoms with van der Waals surface area (Å²) in [5.74, 6) is 1.65. The smallest absolute Gasteiger partial charge is 0.220 e. The van der Waals surface area contributed by atoms with Crippen molar-refractivity contribution in [3.8, 4) is 5.75 Å². The Bertz CT molecular complexity index is 411. The van der Waals surface area contributed by atoms with Crippen LogP contribution in [0.1, 0.15) is 31.2 Å². The van der Waals surface area contributed by atoms with Crippen molar-refractivity contribution in [1.82, 2.24) is 10.6 Å². The molecular formula is C16H24N2O2. The van der Waals surface area contributed by atoms with Crippen LogP contribution >= 0.6 is 0 Å². The molecule has 0 spiro atoms. The van der Waals surface area contributed by atoms with Crippen LogP contribution in [-0.4, -0.2) is 26.1 Å². The predicted octanol–water partition coefficient (Wildman–Crippen LogP) is 2.09. The van der Waals surface area contributed by atoms with Crippen molar-refractivity contribution in [3.05, 3.63) is 29.8 Å². The van der Waals surface area contributed by atoms with E-state index in [1.54, 1.807) is 7.11 Å². The first-order valence-corrected chi connectivity index (χ1v) is 7.38. The van der Waals surface area contributed by atoms with Crippen LogP contribution in [0.5, 0.6) is 5.75 Å². The van der Waals surface area contributed by atoms with E-state index < -0.39 is 0 Å². The van der Waals surface area contributed by atoms with Crippen LogP contribution in [-0.2, 0) is 11.3 Å². The van der Waals surface area contributed by atoms with E-state index in [4.69, 9.17) is 4.74 Å². The molecule has 2 N–H and O–H groups in total. The lowest BCUT2D eigenvalue weighted by molar-refractivity contribution is -0.121. The van der Waals surface area contributed by atoms with Gasteiger partial charge >= 0.3 is 0 Å². The number of hydrogen-bond acceptors (Lipinski definition) is 3. The van der Waals surface area contributed by atoms with E-state index in [-0.39, 0.29) is 5.91 Å². The molecule has 4 nitrogen and oxygen atoms in total. The van der Waals surface area contributed by atoms with E-state index >= 15 is 0 Å². The van der Waals surface area contributed by atoms with Crippen molar-refractivity contribution in [1.29, 1.82) is 0 Å². The summed E-state index contributed by atoms with van der Waals surface area (Å²) in [4.78, 5) is 11.8. The summed E-state index contributed by atoms with van der Waals surface area (Å²) >= 11 is 0. The zero-order valence-corrected chi connectivity index (χ0v) is 12.2. The molecule has 1 aromatic rings. The van der Waals surface area contributed by atoms with Crippen LogP contribution in [0.3, 0.4) is 0 Å². The molecule has 20 heavy (non-hydrogen) atoms. The number of piperidine rings is 1. The molecule has 0 saturated carbocycles. The summed E-state index contributed by atoms with van der Waals surface area (Å²) < 4.78 is 5.11. The van der Waals surface area contributed by atoms with Gasteiger partial charge < -0.3 is 15.4 Å². The van der Waals surface area contributed by atoms with E-state index in [0.717, 1.165) is 30.8 Å². The third-order valence-electron chi connectivity index (χ3n) is 3.83. The van der Waals surface area contributed by atoms with Crippen LogP contribution in [0, 0.1) is 5.92 Å². The van der Waals surface area contributed by atoms with Crippen molar-refractivity contribution in [2.45, 2.75) is 32.2 Å².